The summed E-state index contributed by atoms with van der Waals surface area (Å²) in [4.78, 5) is 33.1. The van der Waals surface area contributed by atoms with Gasteiger partial charge in [-0.15, -0.1) is 0 Å². The van der Waals surface area contributed by atoms with Crippen LogP contribution < -0.4 is 0 Å². The molecule has 0 amide bonds. The van der Waals surface area contributed by atoms with E-state index in [4.69, 9.17) is 18.9 Å². The number of benzene rings is 2. The molecule has 0 saturated carbocycles. The molecule has 6 heterocycles. The van der Waals surface area contributed by atoms with Crippen LogP contribution in [-0.2, 0) is 34.0 Å². The van der Waals surface area contributed by atoms with Crippen LogP contribution in [0.4, 0.5) is 0 Å². The van der Waals surface area contributed by atoms with E-state index in [2.05, 4.69) is 23.9 Å². The molecule has 0 unspecified atom stereocenters. The van der Waals surface area contributed by atoms with Crippen LogP contribution in [0, 0.1) is 0 Å². The largest absolute Gasteiger partial charge is 0.462 e. The fraction of sp³-hybridized carbons (Fsp3) is 0.588. The molecule has 10 atom stereocenters. The number of carbonyl (C=O) groups is 2. The van der Waals surface area contributed by atoms with E-state index < -0.39 is 11.3 Å². The average molecular weight is 571 g/mol. The van der Waals surface area contributed by atoms with E-state index in [-0.39, 0.29) is 36.4 Å². The van der Waals surface area contributed by atoms with Crippen LogP contribution in [0.1, 0.15) is 61.1 Å². The summed E-state index contributed by atoms with van der Waals surface area (Å²) >= 11 is 0. The first-order valence-electron chi connectivity index (χ1n) is 15.8. The molecular formula is C34H38N2O6. The lowest BCUT2D eigenvalue weighted by Gasteiger charge is -2.43. The topological polar surface area (TPSA) is 84.1 Å². The number of ether oxygens (including phenoxy) is 4. The minimum atomic E-state index is -0.971. The number of hydrogen-bond acceptors (Lipinski definition) is 8. The van der Waals surface area contributed by atoms with Crippen molar-refractivity contribution < 1.29 is 28.5 Å². The predicted molar refractivity (Wildman–Crippen MR) is 152 cm³/mol. The van der Waals surface area contributed by atoms with E-state index in [1.165, 1.54) is 0 Å². The Morgan fingerprint density at radius 3 is 1.86 bits per heavy atom. The van der Waals surface area contributed by atoms with Crippen LogP contribution in [0.25, 0.3) is 0 Å². The number of hydrogen-bond donors (Lipinski definition) is 0. The Kier molecular flexibility index (Phi) is 5.58. The van der Waals surface area contributed by atoms with E-state index in [9.17, 15) is 9.59 Å². The lowest BCUT2D eigenvalue weighted by Crippen LogP contribution is -2.50. The summed E-state index contributed by atoms with van der Waals surface area (Å²) in [6.07, 6.45) is 5.21. The maximum Gasteiger partial charge on any atom is 0.321 e. The predicted octanol–water partition coefficient (Wildman–Crippen LogP) is 3.16. The first-order chi connectivity index (χ1) is 20.4. The Morgan fingerprint density at radius 2 is 1.26 bits per heavy atom. The first-order valence-corrected chi connectivity index (χ1v) is 15.8. The van der Waals surface area contributed by atoms with Crippen molar-refractivity contribution in [2.45, 2.75) is 111 Å². The summed E-state index contributed by atoms with van der Waals surface area (Å²) in [5.41, 5.74) is 1.70. The van der Waals surface area contributed by atoms with Crippen molar-refractivity contribution in [3.05, 3.63) is 71.3 Å². The molecule has 8 heteroatoms. The van der Waals surface area contributed by atoms with Crippen molar-refractivity contribution in [1.82, 2.24) is 9.80 Å². The molecule has 0 N–H and O–H groups in total. The molecule has 6 aliphatic heterocycles. The van der Waals surface area contributed by atoms with Gasteiger partial charge in [0, 0.05) is 49.9 Å². The van der Waals surface area contributed by atoms with Gasteiger partial charge in [0.25, 0.3) is 0 Å². The molecular weight excluding hydrogens is 532 g/mol. The lowest BCUT2D eigenvalue weighted by atomic mass is 9.63. The Labute approximate surface area is 246 Å². The van der Waals surface area contributed by atoms with Gasteiger partial charge in [-0.2, -0.15) is 0 Å². The molecule has 6 saturated heterocycles. The van der Waals surface area contributed by atoms with Gasteiger partial charge in [0.15, 0.2) is 0 Å². The van der Waals surface area contributed by atoms with Crippen molar-refractivity contribution >= 4 is 11.9 Å². The summed E-state index contributed by atoms with van der Waals surface area (Å²) in [5, 5.41) is 0. The zero-order chi connectivity index (χ0) is 28.3. The molecule has 2 aromatic carbocycles. The molecule has 6 fully saturated rings. The Balaban J connectivity index is 1.00. The smallest absolute Gasteiger partial charge is 0.321 e. The quantitative estimate of drug-likeness (QED) is 0.401. The van der Waals surface area contributed by atoms with Gasteiger partial charge < -0.3 is 18.9 Å². The highest BCUT2D eigenvalue weighted by Gasteiger charge is 2.64. The van der Waals surface area contributed by atoms with Crippen molar-refractivity contribution in [2.24, 2.45) is 0 Å². The molecule has 2 aromatic rings. The van der Waals surface area contributed by atoms with E-state index >= 15 is 0 Å². The second kappa shape index (κ2) is 9.11. The monoisotopic (exact) mass is 570 g/mol. The zero-order valence-electron chi connectivity index (χ0n) is 24.1. The van der Waals surface area contributed by atoms with Gasteiger partial charge in [0.1, 0.15) is 42.0 Å². The highest BCUT2D eigenvalue weighted by atomic mass is 16.6. The van der Waals surface area contributed by atoms with Gasteiger partial charge in [-0.1, -0.05) is 54.6 Å². The molecule has 0 aromatic heterocycles. The minimum Gasteiger partial charge on any atom is -0.462 e. The summed E-state index contributed by atoms with van der Waals surface area (Å²) in [6, 6.07) is 19.2. The van der Waals surface area contributed by atoms with Crippen LogP contribution in [0.2, 0.25) is 0 Å². The number of likely N-dealkylation sites (N-methyl/N-ethyl adjacent to an activating group) is 2. The molecule has 42 heavy (non-hydrogen) atoms. The maximum atomic E-state index is 14.5. The fourth-order valence-electron chi connectivity index (χ4n) is 9.53. The Hall–Kier alpha value is -2.78. The molecule has 8 nitrogen and oxygen atoms in total. The molecule has 9 rings (SSSR count). The van der Waals surface area contributed by atoms with E-state index in [1.807, 2.05) is 54.6 Å². The third-order valence-corrected chi connectivity index (χ3v) is 11.8. The SMILES string of the molecule is CN1[C@H]2CC(OC(=O)[C@@]3(c4ccccc4)CC[C@H](C(=O)OC4C[C@H]5[C@H]6O[C@@H]6[C@H](C4)N5C)c4ccccc43)C[C@H]1[C@@H]1O[C@H]12. The Morgan fingerprint density at radius 1 is 0.738 bits per heavy atom. The Bertz CT molecular complexity index is 1400. The summed E-state index contributed by atoms with van der Waals surface area (Å²) in [6.45, 7) is 0. The van der Waals surface area contributed by atoms with Gasteiger partial charge in [-0.25, -0.2) is 0 Å². The van der Waals surface area contributed by atoms with E-state index in [1.54, 1.807) is 0 Å². The number of epoxide rings is 2. The van der Waals surface area contributed by atoms with Gasteiger partial charge in [-0.05, 0) is 43.6 Å². The number of nitrogens with zero attached hydrogens (tertiary/aromatic N) is 2. The van der Waals surface area contributed by atoms with Crippen molar-refractivity contribution in [3.63, 3.8) is 0 Å². The molecule has 7 aliphatic rings. The number of rotatable bonds is 5. The number of esters is 2. The highest BCUT2D eigenvalue weighted by Crippen LogP contribution is 2.52. The molecule has 0 radical (unpaired) electrons. The van der Waals surface area contributed by atoms with Gasteiger partial charge in [0.2, 0.25) is 0 Å². The van der Waals surface area contributed by atoms with Crippen molar-refractivity contribution in [3.8, 4) is 0 Å². The summed E-state index contributed by atoms with van der Waals surface area (Å²) < 4.78 is 24.4. The lowest BCUT2D eigenvalue weighted by molar-refractivity contribution is -0.162. The van der Waals surface area contributed by atoms with Crippen LogP contribution in [-0.4, -0.2) is 96.6 Å². The molecule has 1 aliphatic carbocycles. The van der Waals surface area contributed by atoms with Gasteiger partial charge in [0.05, 0.1) is 5.92 Å². The standard InChI is InChI=1S/C34H38N2O6/c1-35-24-14-19(15-25(35)29-28(24)41-29)39-32(37)22-12-13-34(18-8-4-3-5-9-18,23-11-7-6-10-21(22)23)33(38)40-20-16-26-30-31(42-30)27(17-20)36(26)2/h3-11,19-20,22,24-31H,12-17H2,1-2H3/t22-,24-,25-,26-,27-,28+,29+,30-,31-,34+/m0/s1. The summed E-state index contributed by atoms with van der Waals surface area (Å²) in [5.74, 6) is -0.785. The van der Waals surface area contributed by atoms with E-state index in [0.717, 1.165) is 42.4 Å². The zero-order valence-corrected chi connectivity index (χ0v) is 24.1. The highest BCUT2D eigenvalue weighted by molar-refractivity contribution is 5.91. The maximum absolute atomic E-state index is 14.5. The average Bonchev–Trinajstić information content (AvgIpc) is 3.91. The number of morpholine rings is 2. The van der Waals surface area contributed by atoms with Crippen LogP contribution in [0.3, 0.4) is 0 Å². The second-order valence-corrected chi connectivity index (χ2v) is 13.7. The van der Waals surface area contributed by atoms with Gasteiger partial charge >= 0.3 is 11.9 Å². The van der Waals surface area contributed by atoms with Crippen LogP contribution in [0.5, 0.6) is 0 Å². The van der Waals surface area contributed by atoms with E-state index in [0.29, 0.717) is 49.2 Å². The number of fused-ring (bicyclic) bond motifs is 11. The summed E-state index contributed by atoms with van der Waals surface area (Å²) in [7, 11) is 4.33. The minimum absolute atomic E-state index is 0.0898. The molecule has 4 bridgehead atoms. The van der Waals surface area contributed by atoms with Crippen LogP contribution in [0.15, 0.2) is 54.6 Å². The molecule has 220 valence electrons. The third-order valence-electron chi connectivity index (χ3n) is 11.8. The molecule has 0 spiro atoms. The number of piperidine rings is 2. The second-order valence-electron chi connectivity index (χ2n) is 13.7. The third kappa shape index (κ3) is 3.62. The van der Waals surface area contributed by atoms with Crippen molar-refractivity contribution in [1.29, 1.82) is 0 Å². The first kappa shape index (κ1) is 25.7. The van der Waals surface area contributed by atoms with Crippen LogP contribution >= 0.6 is 0 Å². The fourth-order valence-corrected chi connectivity index (χ4v) is 9.53. The van der Waals surface area contributed by atoms with Gasteiger partial charge in [-0.3, -0.25) is 19.4 Å². The normalized spacial score (nSPS) is 44.5. The van der Waals surface area contributed by atoms with Crippen molar-refractivity contribution in [2.75, 3.05) is 14.1 Å². The number of carbonyl (C=O) groups excluding carboxylic acids is 2.